The van der Waals surface area contributed by atoms with Crippen LogP contribution in [0.2, 0.25) is 0 Å². The van der Waals surface area contributed by atoms with Crippen molar-refractivity contribution in [3.63, 3.8) is 0 Å². The Morgan fingerprint density at radius 1 is 1.71 bits per heavy atom. The van der Waals surface area contributed by atoms with Gasteiger partial charge in [0, 0.05) is 25.7 Å². The van der Waals surface area contributed by atoms with Crippen molar-refractivity contribution in [1.82, 2.24) is 15.1 Å². The SMILES string of the molecule is CCC(N)CCNC(=O)c1cc(OC)n(C)n1. The van der Waals surface area contributed by atoms with E-state index in [0.29, 0.717) is 18.1 Å². The highest BCUT2D eigenvalue weighted by molar-refractivity contribution is 5.92. The fraction of sp³-hybridized carbons (Fsp3) is 0.636. The minimum absolute atomic E-state index is 0.133. The molecule has 0 aliphatic rings. The van der Waals surface area contributed by atoms with E-state index in [1.807, 2.05) is 6.92 Å². The number of nitrogens with zero attached hydrogens (tertiary/aromatic N) is 2. The van der Waals surface area contributed by atoms with Crippen LogP contribution in [0.5, 0.6) is 5.88 Å². The molecule has 1 atom stereocenters. The lowest BCUT2D eigenvalue weighted by Gasteiger charge is -2.08. The molecule has 0 spiro atoms. The van der Waals surface area contributed by atoms with Crippen LogP contribution in [-0.4, -0.2) is 35.4 Å². The minimum Gasteiger partial charge on any atom is -0.481 e. The van der Waals surface area contributed by atoms with Crippen molar-refractivity contribution in [2.45, 2.75) is 25.8 Å². The van der Waals surface area contributed by atoms with Gasteiger partial charge < -0.3 is 15.8 Å². The summed E-state index contributed by atoms with van der Waals surface area (Å²) in [5.74, 6) is 0.354. The minimum atomic E-state index is -0.202. The van der Waals surface area contributed by atoms with Crippen LogP contribution in [-0.2, 0) is 7.05 Å². The van der Waals surface area contributed by atoms with E-state index in [9.17, 15) is 4.79 Å². The first-order chi connectivity index (χ1) is 8.08. The van der Waals surface area contributed by atoms with E-state index < -0.39 is 0 Å². The summed E-state index contributed by atoms with van der Waals surface area (Å²) in [6.45, 7) is 2.59. The lowest BCUT2D eigenvalue weighted by Crippen LogP contribution is -2.30. The van der Waals surface area contributed by atoms with Gasteiger partial charge in [-0.1, -0.05) is 6.92 Å². The number of carbonyl (C=O) groups is 1. The standard InChI is InChI=1S/C11H20N4O2/c1-4-8(12)5-6-13-11(16)9-7-10(17-3)15(2)14-9/h7-8H,4-6,12H2,1-3H3,(H,13,16). The second-order valence-corrected chi connectivity index (χ2v) is 3.91. The first-order valence-electron chi connectivity index (χ1n) is 5.70. The van der Waals surface area contributed by atoms with Gasteiger partial charge in [0.15, 0.2) is 5.69 Å². The van der Waals surface area contributed by atoms with Gasteiger partial charge in [-0.2, -0.15) is 5.10 Å². The molecule has 0 radical (unpaired) electrons. The second-order valence-electron chi connectivity index (χ2n) is 3.91. The molecule has 0 saturated heterocycles. The van der Waals surface area contributed by atoms with Crippen LogP contribution in [0.15, 0.2) is 6.07 Å². The maximum Gasteiger partial charge on any atom is 0.271 e. The zero-order valence-corrected chi connectivity index (χ0v) is 10.6. The largest absolute Gasteiger partial charge is 0.481 e. The van der Waals surface area contributed by atoms with Crippen LogP contribution in [0.25, 0.3) is 0 Å². The van der Waals surface area contributed by atoms with Crippen LogP contribution in [0.3, 0.4) is 0 Å². The Morgan fingerprint density at radius 3 is 2.94 bits per heavy atom. The fourth-order valence-electron chi connectivity index (χ4n) is 1.42. The predicted molar refractivity (Wildman–Crippen MR) is 65.0 cm³/mol. The van der Waals surface area contributed by atoms with E-state index >= 15 is 0 Å². The summed E-state index contributed by atoms with van der Waals surface area (Å²) in [5.41, 5.74) is 6.11. The van der Waals surface area contributed by atoms with Crippen LogP contribution < -0.4 is 15.8 Å². The predicted octanol–water partition coefficient (Wildman–Crippen LogP) is 0.286. The van der Waals surface area contributed by atoms with Crippen LogP contribution in [0, 0.1) is 0 Å². The number of hydrogen-bond donors (Lipinski definition) is 2. The summed E-state index contributed by atoms with van der Waals surface area (Å²) in [6, 6.07) is 1.74. The third-order valence-electron chi connectivity index (χ3n) is 2.60. The lowest BCUT2D eigenvalue weighted by molar-refractivity contribution is 0.0947. The zero-order valence-electron chi connectivity index (χ0n) is 10.6. The second kappa shape index (κ2) is 6.24. The Bertz CT molecular complexity index is 376. The smallest absolute Gasteiger partial charge is 0.271 e. The van der Waals surface area contributed by atoms with Crippen molar-refractivity contribution in [3.8, 4) is 5.88 Å². The first-order valence-corrected chi connectivity index (χ1v) is 5.70. The molecule has 0 saturated carbocycles. The van der Waals surface area contributed by atoms with E-state index in [2.05, 4.69) is 10.4 Å². The highest BCUT2D eigenvalue weighted by Gasteiger charge is 2.12. The molecule has 17 heavy (non-hydrogen) atoms. The third-order valence-corrected chi connectivity index (χ3v) is 2.60. The summed E-state index contributed by atoms with van der Waals surface area (Å²) in [4.78, 5) is 11.7. The van der Waals surface area contributed by atoms with Gasteiger partial charge in [-0.3, -0.25) is 4.79 Å². The van der Waals surface area contributed by atoms with E-state index in [0.717, 1.165) is 12.8 Å². The molecule has 0 bridgehead atoms. The average molecular weight is 240 g/mol. The molecular weight excluding hydrogens is 220 g/mol. The van der Waals surface area contributed by atoms with Crippen LogP contribution in [0.1, 0.15) is 30.3 Å². The van der Waals surface area contributed by atoms with Gasteiger partial charge in [-0.15, -0.1) is 0 Å². The monoisotopic (exact) mass is 240 g/mol. The third kappa shape index (κ3) is 3.74. The zero-order chi connectivity index (χ0) is 12.8. The number of aryl methyl sites for hydroxylation is 1. The number of nitrogens with two attached hydrogens (primary N) is 1. The molecule has 1 unspecified atom stereocenters. The van der Waals surface area contributed by atoms with Gasteiger partial charge in [0.2, 0.25) is 5.88 Å². The molecule has 96 valence electrons. The summed E-state index contributed by atoms with van der Waals surface area (Å²) < 4.78 is 6.56. The highest BCUT2D eigenvalue weighted by Crippen LogP contribution is 2.10. The highest BCUT2D eigenvalue weighted by atomic mass is 16.5. The van der Waals surface area contributed by atoms with E-state index in [-0.39, 0.29) is 11.9 Å². The van der Waals surface area contributed by atoms with Gasteiger partial charge in [0.25, 0.3) is 5.91 Å². The van der Waals surface area contributed by atoms with Crippen LogP contribution in [0.4, 0.5) is 0 Å². The van der Waals surface area contributed by atoms with Gasteiger partial charge in [-0.05, 0) is 12.8 Å². The average Bonchev–Trinajstić information content (AvgIpc) is 2.70. The number of amides is 1. The van der Waals surface area contributed by atoms with Gasteiger partial charge in [0.1, 0.15) is 0 Å². The Morgan fingerprint density at radius 2 is 2.41 bits per heavy atom. The number of nitrogens with one attached hydrogen (secondary N) is 1. The molecule has 6 nitrogen and oxygen atoms in total. The molecular formula is C11H20N4O2. The van der Waals surface area contributed by atoms with Gasteiger partial charge >= 0.3 is 0 Å². The summed E-state index contributed by atoms with van der Waals surface area (Å²) in [5, 5.41) is 6.83. The molecule has 0 aliphatic carbocycles. The molecule has 0 fully saturated rings. The first kappa shape index (κ1) is 13.5. The Labute approximate surface area is 101 Å². The maximum absolute atomic E-state index is 11.7. The Hall–Kier alpha value is -1.56. The van der Waals surface area contributed by atoms with Crippen molar-refractivity contribution >= 4 is 5.91 Å². The van der Waals surface area contributed by atoms with Gasteiger partial charge in [0.05, 0.1) is 7.11 Å². The summed E-state index contributed by atoms with van der Waals surface area (Å²) >= 11 is 0. The summed E-state index contributed by atoms with van der Waals surface area (Å²) in [7, 11) is 3.27. The lowest BCUT2D eigenvalue weighted by atomic mass is 10.2. The molecule has 6 heteroatoms. The summed E-state index contributed by atoms with van der Waals surface area (Å²) in [6.07, 6.45) is 1.68. The molecule has 1 amide bonds. The Balaban J connectivity index is 2.47. The number of aromatic nitrogens is 2. The normalized spacial score (nSPS) is 12.2. The molecule has 0 aromatic carbocycles. The molecule has 0 aliphatic heterocycles. The quantitative estimate of drug-likeness (QED) is 0.748. The number of ether oxygens (including phenoxy) is 1. The topological polar surface area (TPSA) is 82.2 Å². The van der Waals surface area contributed by atoms with E-state index in [1.165, 1.54) is 4.68 Å². The van der Waals surface area contributed by atoms with Gasteiger partial charge in [-0.25, -0.2) is 4.68 Å². The van der Waals surface area contributed by atoms with Crippen molar-refractivity contribution in [1.29, 1.82) is 0 Å². The maximum atomic E-state index is 11.7. The molecule has 1 rings (SSSR count). The van der Waals surface area contributed by atoms with Crippen molar-refractivity contribution in [3.05, 3.63) is 11.8 Å². The number of rotatable bonds is 6. The Kier molecular flexibility index (Phi) is 4.96. The number of hydrogen-bond acceptors (Lipinski definition) is 4. The molecule has 1 heterocycles. The van der Waals surface area contributed by atoms with E-state index in [1.54, 1.807) is 20.2 Å². The molecule has 1 aromatic rings. The molecule has 3 N–H and O–H groups in total. The van der Waals surface area contributed by atoms with Crippen molar-refractivity contribution in [2.75, 3.05) is 13.7 Å². The van der Waals surface area contributed by atoms with E-state index in [4.69, 9.17) is 10.5 Å². The number of carbonyl (C=O) groups excluding carboxylic acids is 1. The number of methoxy groups -OCH3 is 1. The molecule has 1 aromatic heterocycles. The van der Waals surface area contributed by atoms with Crippen LogP contribution >= 0.6 is 0 Å². The van der Waals surface area contributed by atoms with Crippen molar-refractivity contribution < 1.29 is 9.53 Å². The fourth-order valence-corrected chi connectivity index (χ4v) is 1.42. The van der Waals surface area contributed by atoms with Crippen molar-refractivity contribution in [2.24, 2.45) is 12.8 Å².